The van der Waals surface area contributed by atoms with Crippen molar-refractivity contribution in [2.24, 2.45) is 0 Å². The number of aromatic nitrogens is 2. The van der Waals surface area contributed by atoms with Crippen molar-refractivity contribution in [2.45, 2.75) is 58.0 Å². The van der Waals surface area contributed by atoms with Crippen molar-refractivity contribution in [1.29, 1.82) is 0 Å². The van der Waals surface area contributed by atoms with Crippen LogP contribution in [0.4, 0.5) is 0 Å². The molecule has 1 saturated carbocycles. The summed E-state index contributed by atoms with van der Waals surface area (Å²) in [5, 5.41) is 4.33. The van der Waals surface area contributed by atoms with E-state index < -0.39 is 0 Å². The standard InChI is InChI=1S/C16H21N3OS/c1-2-8-17-9-13-18-15-14(11-4-3-5-12(11)21-15)16(20)19(13)10-6-7-10/h10,17H,2-9H2,1H3. The van der Waals surface area contributed by atoms with Crippen LogP contribution in [0.2, 0.25) is 0 Å². The van der Waals surface area contributed by atoms with E-state index in [0.717, 1.165) is 54.7 Å². The van der Waals surface area contributed by atoms with Gasteiger partial charge in [-0.15, -0.1) is 11.3 Å². The number of aryl methyl sites for hydroxylation is 2. The van der Waals surface area contributed by atoms with Crippen LogP contribution in [0.1, 0.15) is 54.9 Å². The number of thiophene rings is 1. The summed E-state index contributed by atoms with van der Waals surface area (Å²) in [6, 6.07) is 0.393. The second kappa shape index (κ2) is 5.21. The maximum atomic E-state index is 13.0. The third kappa shape index (κ3) is 2.23. The third-order valence-corrected chi connectivity index (χ3v) is 5.65. The summed E-state index contributed by atoms with van der Waals surface area (Å²) >= 11 is 1.74. The SMILES string of the molecule is CCCNCc1nc2sc3c(c2c(=O)n1C1CC1)CCC3. The van der Waals surface area contributed by atoms with Crippen molar-refractivity contribution in [1.82, 2.24) is 14.9 Å². The van der Waals surface area contributed by atoms with Crippen molar-refractivity contribution in [3.8, 4) is 0 Å². The Morgan fingerprint density at radius 3 is 3.00 bits per heavy atom. The Kier molecular flexibility index (Phi) is 3.34. The highest BCUT2D eigenvalue weighted by molar-refractivity contribution is 7.18. The monoisotopic (exact) mass is 303 g/mol. The van der Waals surface area contributed by atoms with Gasteiger partial charge in [0.15, 0.2) is 0 Å². The first-order valence-electron chi connectivity index (χ1n) is 8.06. The highest BCUT2D eigenvalue weighted by Gasteiger charge is 2.30. The molecule has 4 rings (SSSR count). The minimum absolute atomic E-state index is 0.218. The van der Waals surface area contributed by atoms with Gasteiger partial charge in [0, 0.05) is 10.9 Å². The minimum Gasteiger partial charge on any atom is -0.310 e. The average Bonchev–Trinajstić information content (AvgIpc) is 3.08. The minimum atomic E-state index is 0.218. The molecule has 0 saturated heterocycles. The van der Waals surface area contributed by atoms with Gasteiger partial charge in [0.05, 0.1) is 11.9 Å². The molecule has 1 N–H and O–H groups in total. The lowest BCUT2D eigenvalue weighted by Gasteiger charge is -2.12. The summed E-state index contributed by atoms with van der Waals surface area (Å²) in [5.41, 5.74) is 1.52. The number of nitrogens with one attached hydrogen (secondary N) is 1. The van der Waals surface area contributed by atoms with Gasteiger partial charge < -0.3 is 5.32 Å². The van der Waals surface area contributed by atoms with E-state index in [-0.39, 0.29) is 5.56 Å². The molecule has 0 unspecified atom stereocenters. The van der Waals surface area contributed by atoms with Crippen molar-refractivity contribution in [2.75, 3.05) is 6.54 Å². The fraction of sp³-hybridized carbons (Fsp3) is 0.625. The van der Waals surface area contributed by atoms with Crippen molar-refractivity contribution in [3.63, 3.8) is 0 Å². The van der Waals surface area contributed by atoms with E-state index in [9.17, 15) is 4.79 Å². The summed E-state index contributed by atoms with van der Waals surface area (Å²) in [6.45, 7) is 3.83. The number of hydrogen-bond donors (Lipinski definition) is 1. The normalized spacial score (nSPS) is 17.6. The zero-order chi connectivity index (χ0) is 14.4. The maximum Gasteiger partial charge on any atom is 0.262 e. The first kappa shape index (κ1) is 13.5. The van der Waals surface area contributed by atoms with Crippen molar-refractivity contribution < 1.29 is 0 Å². The second-order valence-electron chi connectivity index (χ2n) is 6.15. The molecule has 0 amide bonds. The van der Waals surface area contributed by atoms with Gasteiger partial charge in [-0.1, -0.05) is 6.92 Å². The second-order valence-corrected chi connectivity index (χ2v) is 7.23. The largest absolute Gasteiger partial charge is 0.310 e. The van der Waals surface area contributed by atoms with E-state index in [1.165, 1.54) is 16.9 Å². The molecule has 0 aliphatic heterocycles. The third-order valence-electron chi connectivity index (χ3n) is 4.47. The predicted molar refractivity (Wildman–Crippen MR) is 86.2 cm³/mol. The Hall–Kier alpha value is -1.20. The Balaban J connectivity index is 1.85. The van der Waals surface area contributed by atoms with Crippen LogP contribution in [0.3, 0.4) is 0 Å². The van der Waals surface area contributed by atoms with E-state index in [0.29, 0.717) is 12.6 Å². The van der Waals surface area contributed by atoms with E-state index in [1.807, 2.05) is 4.57 Å². The first-order chi connectivity index (χ1) is 10.3. The van der Waals surface area contributed by atoms with Gasteiger partial charge >= 0.3 is 0 Å². The molecule has 1 fully saturated rings. The summed E-state index contributed by atoms with van der Waals surface area (Å²) in [5.74, 6) is 0.934. The van der Waals surface area contributed by atoms with E-state index in [1.54, 1.807) is 11.3 Å². The molecule has 0 radical (unpaired) electrons. The molecule has 0 bridgehead atoms. The van der Waals surface area contributed by atoms with Gasteiger partial charge in [-0.25, -0.2) is 4.98 Å². The highest BCUT2D eigenvalue weighted by atomic mass is 32.1. The molecule has 0 aromatic carbocycles. The first-order valence-corrected chi connectivity index (χ1v) is 8.87. The molecular weight excluding hydrogens is 282 g/mol. The van der Waals surface area contributed by atoms with Gasteiger partial charge in [0.25, 0.3) is 5.56 Å². The molecule has 0 spiro atoms. The van der Waals surface area contributed by atoms with Crippen LogP contribution in [0, 0.1) is 0 Å². The molecule has 2 aromatic heterocycles. The fourth-order valence-electron chi connectivity index (χ4n) is 3.31. The van der Waals surface area contributed by atoms with Gasteiger partial charge in [0.1, 0.15) is 10.7 Å². The van der Waals surface area contributed by atoms with E-state index in [4.69, 9.17) is 4.98 Å². The molecule has 112 valence electrons. The van der Waals surface area contributed by atoms with Gasteiger partial charge in [-0.2, -0.15) is 0 Å². The zero-order valence-corrected chi connectivity index (χ0v) is 13.3. The quantitative estimate of drug-likeness (QED) is 0.864. The number of nitrogens with zero attached hydrogens (tertiary/aromatic N) is 2. The Bertz CT molecular complexity index is 742. The van der Waals surface area contributed by atoms with Gasteiger partial charge in [0.2, 0.25) is 0 Å². The zero-order valence-electron chi connectivity index (χ0n) is 12.4. The topological polar surface area (TPSA) is 46.9 Å². The molecule has 5 heteroatoms. The van der Waals surface area contributed by atoms with Crippen LogP contribution < -0.4 is 10.9 Å². The van der Waals surface area contributed by atoms with Crippen LogP contribution in [-0.2, 0) is 19.4 Å². The summed E-state index contributed by atoms with van der Waals surface area (Å²) in [7, 11) is 0. The van der Waals surface area contributed by atoms with Crippen molar-refractivity contribution >= 4 is 21.6 Å². The number of hydrogen-bond acceptors (Lipinski definition) is 4. The summed E-state index contributed by atoms with van der Waals surface area (Å²) in [6.07, 6.45) is 6.73. The molecule has 2 heterocycles. The van der Waals surface area contributed by atoms with E-state index in [2.05, 4.69) is 12.2 Å². The predicted octanol–water partition coefficient (Wildman–Crippen LogP) is 2.78. The average molecular weight is 303 g/mol. The van der Waals surface area contributed by atoms with Gasteiger partial charge in [-0.05, 0) is 50.6 Å². The lowest BCUT2D eigenvalue weighted by Crippen LogP contribution is -2.28. The van der Waals surface area contributed by atoms with Crippen LogP contribution in [0.15, 0.2) is 4.79 Å². The highest BCUT2D eigenvalue weighted by Crippen LogP contribution is 2.38. The summed E-state index contributed by atoms with van der Waals surface area (Å²) in [4.78, 5) is 20.2. The van der Waals surface area contributed by atoms with Crippen LogP contribution in [-0.4, -0.2) is 16.1 Å². The molecule has 21 heavy (non-hydrogen) atoms. The maximum absolute atomic E-state index is 13.0. The van der Waals surface area contributed by atoms with Gasteiger partial charge in [-0.3, -0.25) is 9.36 Å². The lowest BCUT2D eigenvalue weighted by molar-refractivity contribution is 0.580. The molecule has 2 aromatic rings. The van der Waals surface area contributed by atoms with E-state index >= 15 is 0 Å². The number of rotatable bonds is 5. The molecule has 2 aliphatic carbocycles. The molecule has 0 atom stereocenters. The summed E-state index contributed by atoms with van der Waals surface area (Å²) < 4.78 is 1.98. The molecule has 4 nitrogen and oxygen atoms in total. The van der Waals surface area contributed by atoms with Crippen molar-refractivity contribution in [3.05, 3.63) is 26.6 Å². The Labute approximate surface area is 128 Å². The smallest absolute Gasteiger partial charge is 0.262 e. The van der Waals surface area contributed by atoms with Crippen LogP contribution in [0.25, 0.3) is 10.2 Å². The molecular formula is C16H21N3OS. The Morgan fingerprint density at radius 2 is 2.24 bits per heavy atom. The van der Waals surface area contributed by atoms with Crippen LogP contribution in [0.5, 0.6) is 0 Å². The fourth-order valence-corrected chi connectivity index (χ4v) is 4.58. The van der Waals surface area contributed by atoms with Crippen LogP contribution >= 0.6 is 11.3 Å². The lowest BCUT2D eigenvalue weighted by atomic mass is 10.2. The molecule has 2 aliphatic rings. The Morgan fingerprint density at radius 1 is 1.38 bits per heavy atom. The number of fused-ring (bicyclic) bond motifs is 3.